The van der Waals surface area contributed by atoms with Crippen LogP contribution in [0.1, 0.15) is 47.7 Å². The van der Waals surface area contributed by atoms with Crippen LogP contribution in [0.2, 0.25) is 0 Å². The van der Waals surface area contributed by atoms with Crippen molar-refractivity contribution in [3.63, 3.8) is 0 Å². The van der Waals surface area contributed by atoms with Gasteiger partial charge in [0.2, 0.25) is 10.0 Å². The third-order valence-electron chi connectivity index (χ3n) is 5.29. The number of para-hydroxylation sites is 1. The van der Waals surface area contributed by atoms with Crippen molar-refractivity contribution in [1.82, 2.24) is 4.31 Å². The smallest absolute Gasteiger partial charge is 0.256 e. The lowest BCUT2D eigenvalue weighted by molar-refractivity contribution is 0.102. The second-order valence-electron chi connectivity index (χ2n) is 7.36. The van der Waals surface area contributed by atoms with Gasteiger partial charge in [0.15, 0.2) is 0 Å². The van der Waals surface area contributed by atoms with Crippen LogP contribution in [0.25, 0.3) is 0 Å². The van der Waals surface area contributed by atoms with E-state index in [2.05, 4.69) is 5.32 Å². The van der Waals surface area contributed by atoms with E-state index in [1.165, 1.54) is 10.4 Å². The number of sulfonamides is 1. The van der Waals surface area contributed by atoms with Crippen LogP contribution >= 0.6 is 0 Å². The lowest BCUT2D eigenvalue weighted by Crippen LogP contribution is -2.42. The largest absolute Gasteiger partial charge is 0.505 e. The van der Waals surface area contributed by atoms with E-state index in [9.17, 15) is 18.3 Å². The topological polar surface area (TPSA) is 86.7 Å². The van der Waals surface area contributed by atoms with Crippen LogP contribution in [0.4, 0.5) is 5.69 Å². The van der Waals surface area contributed by atoms with Crippen LogP contribution in [0, 0.1) is 13.8 Å². The molecule has 3 rings (SSSR count). The summed E-state index contributed by atoms with van der Waals surface area (Å²) >= 11 is 0. The number of nitrogens with one attached hydrogen (secondary N) is 1. The molecule has 1 fully saturated rings. The minimum atomic E-state index is -3.67. The van der Waals surface area contributed by atoms with Gasteiger partial charge in [0.05, 0.1) is 10.6 Å². The van der Waals surface area contributed by atoms with Crippen LogP contribution in [0.5, 0.6) is 5.75 Å². The van der Waals surface area contributed by atoms with Gasteiger partial charge in [-0.3, -0.25) is 4.79 Å². The molecule has 0 saturated carbocycles. The number of carbonyl (C=O) groups excluding carboxylic acids is 1. The Kier molecular flexibility index (Phi) is 5.76. The van der Waals surface area contributed by atoms with Crippen molar-refractivity contribution in [3.8, 4) is 5.75 Å². The van der Waals surface area contributed by atoms with Gasteiger partial charge >= 0.3 is 0 Å². The number of nitrogens with zero attached hydrogens (tertiary/aromatic N) is 1. The Morgan fingerprint density at radius 3 is 2.61 bits per heavy atom. The molecule has 7 heteroatoms. The molecule has 6 nitrogen and oxygen atoms in total. The summed E-state index contributed by atoms with van der Waals surface area (Å²) in [6.07, 6.45) is 2.70. The molecule has 0 spiro atoms. The standard InChI is InChI=1S/C21H26N2O4S/c1-14-10-11-17(28(26,27)23-12-5-4-8-16(23)3)13-18(14)21(25)22-19-9-6-7-15(2)20(19)24/h6-7,9-11,13,16,24H,4-5,8,12H2,1-3H3,(H,22,25)/t16-/m0/s1. The van der Waals surface area contributed by atoms with E-state index >= 15 is 0 Å². The number of benzene rings is 2. The van der Waals surface area contributed by atoms with E-state index < -0.39 is 15.9 Å². The predicted octanol–water partition coefficient (Wildman–Crippen LogP) is 3.82. The van der Waals surface area contributed by atoms with E-state index in [-0.39, 0.29) is 22.3 Å². The maximum absolute atomic E-state index is 13.1. The molecule has 1 atom stereocenters. The third-order valence-corrected chi connectivity index (χ3v) is 7.30. The highest BCUT2D eigenvalue weighted by Gasteiger charge is 2.31. The highest BCUT2D eigenvalue weighted by Crippen LogP contribution is 2.29. The molecule has 2 N–H and O–H groups in total. The first-order chi connectivity index (χ1) is 13.2. The van der Waals surface area contributed by atoms with E-state index in [1.807, 2.05) is 6.92 Å². The average Bonchev–Trinajstić information content (AvgIpc) is 2.65. The zero-order valence-corrected chi connectivity index (χ0v) is 17.2. The molecule has 0 aliphatic carbocycles. The van der Waals surface area contributed by atoms with Gasteiger partial charge in [-0.1, -0.05) is 24.6 Å². The van der Waals surface area contributed by atoms with Gasteiger partial charge in [-0.25, -0.2) is 8.42 Å². The van der Waals surface area contributed by atoms with Crippen LogP contribution in [-0.4, -0.2) is 36.3 Å². The van der Waals surface area contributed by atoms with Crippen LogP contribution in [0.3, 0.4) is 0 Å². The number of aromatic hydroxyl groups is 1. The number of hydrogen-bond acceptors (Lipinski definition) is 4. The Morgan fingerprint density at radius 2 is 1.89 bits per heavy atom. The summed E-state index contributed by atoms with van der Waals surface area (Å²) in [6, 6.07) is 9.64. The number of phenolic OH excluding ortho intramolecular Hbond substituents is 1. The summed E-state index contributed by atoms with van der Waals surface area (Å²) in [6.45, 7) is 5.91. The number of amides is 1. The van der Waals surface area contributed by atoms with Crippen molar-refractivity contribution in [3.05, 3.63) is 53.1 Å². The maximum atomic E-state index is 13.1. The second kappa shape index (κ2) is 7.93. The Labute approximate surface area is 166 Å². The van der Waals surface area contributed by atoms with Crippen LogP contribution in [0.15, 0.2) is 41.3 Å². The molecule has 28 heavy (non-hydrogen) atoms. The fourth-order valence-electron chi connectivity index (χ4n) is 3.52. The molecule has 150 valence electrons. The molecular weight excluding hydrogens is 376 g/mol. The van der Waals surface area contributed by atoms with E-state index in [1.54, 1.807) is 44.2 Å². The molecule has 1 aliphatic heterocycles. The molecule has 0 unspecified atom stereocenters. The van der Waals surface area contributed by atoms with Crippen molar-refractivity contribution < 1.29 is 18.3 Å². The lowest BCUT2D eigenvalue weighted by Gasteiger charge is -2.32. The summed E-state index contributed by atoms with van der Waals surface area (Å²) < 4.78 is 27.7. The first-order valence-corrected chi connectivity index (χ1v) is 10.9. The van der Waals surface area contributed by atoms with Crippen molar-refractivity contribution in [2.24, 2.45) is 0 Å². The molecule has 0 aromatic heterocycles. The van der Waals surface area contributed by atoms with Crippen molar-refractivity contribution >= 4 is 21.6 Å². The lowest BCUT2D eigenvalue weighted by atomic mass is 10.1. The number of aryl methyl sites for hydroxylation is 2. The molecule has 1 heterocycles. The summed E-state index contributed by atoms with van der Waals surface area (Å²) in [5, 5.41) is 12.8. The highest BCUT2D eigenvalue weighted by molar-refractivity contribution is 7.89. The number of anilines is 1. The molecule has 1 aliphatic rings. The predicted molar refractivity (Wildman–Crippen MR) is 109 cm³/mol. The fraction of sp³-hybridized carbons (Fsp3) is 0.381. The molecule has 1 amide bonds. The van der Waals surface area contributed by atoms with Gasteiger partial charge in [-0.05, 0) is 62.9 Å². The van der Waals surface area contributed by atoms with E-state index in [0.29, 0.717) is 23.4 Å². The Balaban J connectivity index is 1.93. The normalized spacial score (nSPS) is 18.0. The Morgan fingerprint density at radius 1 is 1.14 bits per heavy atom. The molecular formula is C21H26N2O4S. The van der Waals surface area contributed by atoms with Crippen molar-refractivity contribution in [2.45, 2.75) is 51.0 Å². The van der Waals surface area contributed by atoms with Crippen molar-refractivity contribution in [2.75, 3.05) is 11.9 Å². The Hall–Kier alpha value is -2.38. The quantitative estimate of drug-likeness (QED) is 0.761. The second-order valence-corrected chi connectivity index (χ2v) is 9.25. The molecule has 2 aromatic rings. The summed E-state index contributed by atoms with van der Waals surface area (Å²) in [5.74, 6) is -0.457. The minimum Gasteiger partial charge on any atom is -0.505 e. The molecule has 1 saturated heterocycles. The Bertz CT molecular complexity index is 1000. The number of hydrogen-bond donors (Lipinski definition) is 2. The number of phenols is 1. The SMILES string of the molecule is Cc1ccc(S(=O)(=O)N2CCCC[C@@H]2C)cc1C(=O)Nc1cccc(C)c1O. The molecule has 0 radical (unpaired) electrons. The first kappa shape index (κ1) is 20.4. The average molecular weight is 403 g/mol. The van der Waals surface area contributed by atoms with Gasteiger partial charge in [0, 0.05) is 18.2 Å². The fourth-order valence-corrected chi connectivity index (χ4v) is 5.25. The van der Waals surface area contributed by atoms with E-state index in [0.717, 1.165) is 19.3 Å². The van der Waals surface area contributed by atoms with Gasteiger partial charge < -0.3 is 10.4 Å². The van der Waals surface area contributed by atoms with E-state index in [4.69, 9.17) is 0 Å². The van der Waals surface area contributed by atoms with Gasteiger partial charge in [-0.15, -0.1) is 0 Å². The van der Waals surface area contributed by atoms with Crippen LogP contribution < -0.4 is 5.32 Å². The van der Waals surface area contributed by atoms with Gasteiger partial charge in [0.1, 0.15) is 5.75 Å². The van der Waals surface area contributed by atoms with Crippen LogP contribution in [-0.2, 0) is 10.0 Å². The molecule has 0 bridgehead atoms. The number of carbonyl (C=O) groups is 1. The zero-order valence-electron chi connectivity index (χ0n) is 16.4. The summed E-state index contributed by atoms with van der Waals surface area (Å²) in [7, 11) is -3.67. The van der Waals surface area contributed by atoms with Gasteiger partial charge in [0.25, 0.3) is 5.91 Å². The van der Waals surface area contributed by atoms with Gasteiger partial charge in [-0.2, -0.15) is 4.31 Å². The monoisotopic (exact) mass is 402 g/mol. The third kappa shape index (κ3) is 3.91. The highest BCUT2D eigenvalue weighted by atomic mass is 32.2. The van der Waals surface area contributed by atoms with Crippen molar-refractivity contribution in [1.29, 1.82) is 0 Å². The first-order valence-electron chi connectivity index (χ1n) is 9.44. The number of rotatable bonds is 4. The summed E-state index contributed by atoms with van der Waals surface area (Å²) in [4.78, 5) is 12.9. The minimum absolute atomic E-state index is 0.000536. The zero-order chi connectivity index (χ0) is 20.5. The maximum Gasteiger partial charge on any atom is 0.256 e. The molecule has 2 aromatic carbocycles. The summed E-state index contributed by atoms with van der Waals surface area (Å²) in [5.41, 5.74) is 1.87. The number of piperidine rings is 1.